The third-order valence-corrected chi connectivity index (χ3v) is 6.45. The van der Waals surface area contributed by atoms with Crippen LogP contribution in [0.4, 0.5) is 0 Å². The molecule has 0 bridgehead atoms. The van der Waals surface area contributed by atoms with Crippen LogP contribution in [0.5, 0.6) is 0 Å². The summed E-state index contributed by atoms with van der Waals surface area (Å²) in [5, 5.41) is 8.91. The maximum atomic E-state index is 12.4. The molecule has 1 saturated carbocycles. The predicted octanol–water partition coefficient (Wildman–Crippen LogP) is 3.00. The number of aromatic carboxylic acids is 1. The van der Waals surface area contributed by atoms with Crippen molar-refractivity contribution in [3.05, 3.63) is 28.2 Å². The van der Waals surface area contributed by atoms with E-state index in [1.165, 1.54) is 18.2 Å². The Kier molecular flexibility index (Phi) is 5.06. The fraction of sp³-hybridized carbons (Fsp3) is 0.500. The van der Waals surface area contributed by atoms with Crippen LogP contribution >= 0.6 is 15.9 Å². The van der Waals surface area contributed by atoms with Crippen LogP contribution in [0.3, 0.4) is 0 Å². The van der Waals surface area contributed by atoms with Crippen molar-refractivity contribution in [2.75, 3.05) is 0 Å². The third-order valence-electron chi connectivity index (χ3n) is 3.92. The number of carbonyl (C=O) groups is 1. The van der Waals surface area contributed by atoms with E-state index >= 15 is 0 Å². The van der Waals surface area contributed by atoms with E-state index in [2.05, 4.69) is 20.7 Å². The molecule has 2 rings (SSSR count). The highest BCUT2D eigenvalue weighted by Gasteiger charge is 2.27. The lowest BCUT2D eigenvalue weighted by atomic mass is 10.0. The topological polar surface area (TPSA) is 83.5 Å². The van der Waals surface area contributed by atoms with Crippen LogP contribution in [0, 0.1) is 5.92 Å². The van der Waals surface area contributed by atoms with Crippen molar-refractivity contribution in [1.82, 2.24) is 4.72 Å². The van der Waals surface area contributed by atoms with Gasteiger partial charge in [0.25, 0.3) is 0 Å². The minimum Gasteiger partial charge on any atom is -0.478 e. The summed E-state index contributed by atoms with van der Waals surface area (Å²) < 4.78 is 27.8. The molecule has 1 aliphatic carbocycles. The van der Waals surface area contributed by atoms with Gasteiger partial charge in [0.05, 0.1) is 10.5 Å². The fourth-order valence-electron chi connectivity index (χ4n) is 2.71. The predicted molar refractivity (Wildman–Crippen MR) is 82.8 cm³/mol. The quantitative estimate of drug-likeness (QED) is 0.828. The Balaban J connectivity index is 2.21. The van der Waals surface area contributed by atoms with E-state index in [9.17, 15) is 13.2 Å². The highest BCUT2D eigenvalue weighted by atomic mass is 79.9. The van der Waals surface area contributed by atoms with E-state index in [0.29, 0.717) is 5.92 Å². The van der Waals surface area contributed by atoms with Gasteiger partial charge in [0.1, 0.15) is 0 Å². The summed E-state index contributed by atoms with van der Waals surface area (Å²) in [6.07, 6.45) is 4.38. The molecule has 2 N–H and O–H groups in total. The number of carboxylic acids is 1. The van der Waals surface area contributed by atoms with E-state index in [4.69, 9.17) is 5.11 Å². The number of carboxylic acid groups (broad SMARTS) is 1. The summed E-state index contributed by atoms with van der Waals surface area (Å²) >= 11 is 3.14. The minimum atomic E-state index is -3.66. The molecule has 0 aliphatic heterocycles. The molecule has 0 heterocycles. The molecule has 0 spiro atoms. The van der Waals surface area contributed by atoms with Crippen molar-refractivity contribution < 1.29 is 18.3 Å². The Morgan fingerprint density at radius 1 is 1.38 bits per heavy atom. The van der Waals surface area contributed by atoms with Gasteiger partial charge in [-0.3, -0.25) is 0 Å². The number of hydrogen-bond acceptors (Lipinski definition) is 3. The second-order valence-corrected chi connectivity index (χ2v) is 7.94. The number of rotatable bonds is 5. The van der Waals surface area contributed by atoms with E-state index < -0.39 is 16.0 Å². The summed E-state index contributed by atoms with van der Waals surface area (Å²) in [5.41, 5.74) is 0.0460. The van der Waals surface area contributed by atoms with E-state index in [0.717, 1.165) is 25.7 Å². The third kappa shape index (κ3) is 3.84. The van der Waals surface area contributed by atoms with Crippen molar-refractivity contribution in [1.29, 1.82) is 0 Å². The number of benzene rings is 1. The zero-order valence-electron chi connectivity index (χ0n) is 11.7. The fourth-order valence-corrected chi connectivity index (χ4v) is 5.10. The van der Waals surface area contributed by atoms with Gasteiger partial charge in [-0.15, -0.1) is 0 Å². The molecular formula is C14H18BrNO4S. The molecular weight excluding hydrogens is 358 g/mol. The lowest BCUT2D eigenvalue weighted by Gasteiger charge is -2.20. The molecule has 1 aromatic carbocycles. The van der Waals surface area contributed by atoms with Gasteiger partial charge in [0, 0.05) is 10.5 Å². The first-order valence-electron chi connectivity index (χ1n) is 6.86. The normalized spacial score (nSPS) is 17.8. The second kappa shape index (κ2) is 6.46. The van der Waals surface area contributed by atoms with Crippen LogP contribution in [-0.4, -0.2) is 25.5 Å². The van der Waals surface area contributed by atoms with Crippen molar-refractivity contribution in [2.45, 2.75) is 43.5 Å². The van der Waals surface area contributed by atoms with Gasteiger partial charge >= 0.3 is 5.97 Å². The lowest BCUT2D eigenvalue weighted by Crippen LogP contribution is -2.37. The molecule has 21 heavy (non-hydrogen) atoms. The van der Waals surface area contributed by atoms with Gasteiger partial charge < -0.3 is 5.11 Å². The first kappa shape index (κ1) is 16.5. The average Bonchev–Trinajstić information content (AvgIpc) is 2.91. The van der Waals surface area contributed by atoms with Gasteiger partial charge in [0.2, 0.25) is 10.0 Å². The van der Waals surface area contributed by atoms with Gasteiger partial charge in [-0.05, 0) is 59.8 Å². The molecule has 0 aromatic heterocycles. The summed E-state index contributed by atoms with van der Waals surface area (Å²) in [5.74, 6) is -0.719. The first-order valence-corrected chi connectivity index (χ1v) is 9.14. The Morgan fingerprint density at radius 3 is 2.52 bits per heavy atom. The number of halogens is 1. The Morgan fingerprint density at radius 2 is 2.00 bits per heavy atom. The Bertz CT molecular complexity index is 638. The van der Waals surface area contributed by atoms with Crippen LogP contribution in [0.15, 0.2) is 27.6 Å². The zero-order chi connectivity index (χ0) is 15.6. The second-order valence-electron chi connectivity index (χ2n) is 5.40. The summed E-state index contributed by atoms with van der Waals surface area (Å²) in [6, 6.07) is 3.79. The van der Waals surface area contributed by atoms with Crippen molar-refractivity contribution in [3.63, 3.8) is 0 Å². The molecule has 0 radical (unpaired) electrons. The highest BCUT2D eigenvalue weighted by molar-refractivity contribution is 9.10. The maximum Gasteiger partial charge on any atom is 0.335 e. The summed E-state index contributed by atoms with van der Waals surface area (Å²) in [7, 11) is -3.66. The monoisotopic (exact) mass is 375 g/mol. The van der Waals surface area contributed by atoms with Crippen molar-refractivity contribution >= 4 is 31.9 Å². The van der Waals surface area contributed by atoms with Crippen LogP contribution in [-0.2, 0) is 10.0 Å². The van der Waals surface area contributed by atoms with Crippen LogP contribution < -0.4 is 4.72 Å². The van der Waals surface area contributed by atoms with Crippen LogP contribution in [0.25, 0.3) is 0 Å². The average molecular weight is 376 g/mol. The summed E-state index contributed by atoms with van der Waals surface area (Å²) in [6.45, 7) is 1.88. The van der Waals surface area contributed by atoms with Crippen LogP contribution in [0.1, 0.15) is 43.0 Å². The molecule has 1 fully saturated rings. The number of hydrogen-bond donors (Lipinski definition) is 2. The molecule has 5 nitrogen and oxygen atoms in total. The van der Waals surface area contributed by atoms with Crippen molar-refractivity contribution in [2.24, 2.45) is 5.92 Å². The van der Waals surface area contributed by atoms with Gasteiger partial charge in [-0.25, -0.2) is 17.9 Å². The van der Waals surface area contributed by atoms with Crippen LogP contribution in [0.2, 0.25) is 0 Å². The zero-order valence-corrected chi connectivity index (χ0v) is 14.1. The molecule has 7 heteroatoms. The van der Waals surface area contributed by atoms with E-state index in [1.807, 2.05) is 6.92 Å². The highest BCUT2D eigenvalue weighted by Crippen LogP contribution is 2.29. The largest absolute Gasteiger partial charge is 0.478 e. The van der Waals surface area contributed by atoms with Crippen molar-refractivity contribution in [3.8, 4) is 0 Å². The SMILES string of the molecule is C[C@H](NS(=O)(=O)c1ccc(C(=O)O)cc1Br)C1CCCC1. The molecule has 0 amide bonds. The molecule has 1 aliphatic rings. The molecule has 1 aromatic rings. The maximum absolute atomic E-state index is 12.4. The van der Waals surface area contributed by atoms with E-state index in [-0.39, 0.29) is 21.0 Å². The minimum absolute atomic E-state index is 0.0460. The van der Waals surface area contributed by atoms with E-state index in [1.54, 1.807) is 0 Å². The molecule has 0 unspecified atom stereocenters. The first-order chi connectivity index (χ1) is 9.81. The molecule has 0 saturated heterocycles. The summed E-state index contributed by atoms with van der Waals surface area (Å²) in [4.78, 5) is 10.9. The Hall–Kier alpha value is -0.920. The number of sulfonamides is 1. The van der Waals surface area contributed by atoms with Gasteiger partial charge in [0.15, 0.2) is 0 Å². The van der Waals surface area contributed by atoms with Gasteiger partial charge in [-0.2, -0.15) is 0 Å². The standard InChI is InChI=1S/C14H18BrNO4S/c1-9(10-4-2-3-5-10)16-21(19,20)13-7-6-11(14(17)18)8-12(13)15/h6-10,16H,2-5H2,1H3,(H,17,18)/t9-/m0/s1. The molecule has 116 valence electrons. The lowest BCUT2D eigenvalue weighted by molar-refractivity contribution is 0.0696. The number of nitrogens with one attached hydrogen (secondary N) is 1. The van der Waals surface area contributed by atoms with Gasteiger partial charge in [-0.1, -0.05) is 12.8 Å². The Labute approximate surface area is 132 Å². The molecule has 1 atom stereocenters. The smallest absolute Gasteiger partial charge is 0.335 e.